The SMILES string of the molecule is CCNC(=NCc1cc2ccccc2[nH]1)NCCCOCC1CCOCC1.I. The highest BCUT2D eigenvalue weighted by atomic mass is 127. The van der Waals surface area contributed by atoms with Crippen LogP contribution >= 0.6 is 24.0 Å². The summed E-state index contributed by atoms with van der Waals surface area (Å²) in [5, 5.41) is 7.91. The molecule has 1 aromatic carbocycles. The second-order valence-corrected chi connectivity index (χ2v) is 6.99. The second kappa shape index (κ2) is 13.0. The molecular formula is C21H33IN4O2. The summed E-state index contributed by atoms with van der Waals surface area (Å²) in [6, 6.07) is 10.5. The number of ether oxygens (including phenoxy) is 2. The fraction of sp³-hybridized carbons (Fsp3) is 0.571. The van der Waals surface area contributed by atoms with E-state index in [1.807, 2.05) is 6.07 Å². The van der Waals surface area contributed by atoms with E-state index < -0.39 is 0 Å². The van der Waals surface area contributed by atoms with E-state index in [0.29, 0.717) is 12.5 Å². The summed E-state index contributed by atoms with van der Waals surface area (Å²) in [7, 11) is 0. The number of H-pyrrole nitrogens is 1. The van der Waals surface area contributed by atoms with Gasteiger partial charge in [-0.3, -0.25) is 0 Å². The number of guanidine groups is 1. The Morgan fingerprint density at radius 3 is 2.86 bits per heavy atom. The molecule has 3 N–H and O–H groups in total. The third-order valence-electron chi connectivity index (χ3n) is 4.79. The molecule has 2 aromatic rings. The van der Waals surface area contributed by atoms with Crippen molar-refractivity contribution in [1.82, 2.24) is 15.6 Å². The Balaban J connectivity index is 0.00000280. The predicted octanol–water partition coefficient (Wildman–Crippen LogP) is 3.67. The molecular weight excluding hydrogens is 467 g/mol. The maximum atomic E-state index is 5.82. The Morgan fingerprint density at radius 2 is 2.07 bits per heavy atom. The van der Waals surface area contributed by atoms with Crippen LogP contribution in [0.5, 0.6) is 0 Å². The topological polar surface area (TPSA) is 70.7 Å². The molecule has 156 valence electrons. The Kier molecular flexibility index (Phi) is 10.7. The first-order valence-corrected chi connectivity index (χ1v) is 10.1. The maximum absolute atomic E-state index is 5.82. The van der Waals surface area contributed by atoms with Gasteiger partial charge < -0.3 is 25.1 Å². The number of hydrogen-bond acceptors (Lipinski definition) is 3. The molecule has 7 heteroatoms. The number of nitrogens with zero attached hydrogens (tertiary/aromatic N) is 1. The first-order valence-electron chi connectivity index (χ1n) is 10.1. The number of aromatic amines is 1. The Labute approximate surface area is 184 Å². The number of nitrogens with one attached hydrogen (secondary N) is 3. The average molecular weight is 500 g/mol. The van der Waals surface area contributed by atoms with Crippen molar-refractivity contribution >= 4 is 40.8 Å². The first kappa shape index (κ1) is 23.0. The highest BCUT2D eigenvalue weighted by Crippen LogP contribution is 2.15. The number of aliphatic imine (C=N–C) groups is 1. The standard InChI is InChI=1S/C21H32N4O2.HI/c1-2-22-21(23-10-5-11-27-16-17-8-12-26-13-9-17)24-15-19-14-18-6-3-4-7-20(18)25-19;/h3-4,6-7,14,17,25H,2,5,8-13,15-16H2,1H3,(H2,22,23,24);1H. The van der Waals surface area contributed by atoms with Crippen molar-refractivity contribution in [2.24, 2.45) is 10.9 Å². The van der Waals surface area contributed by atoms with Crippen LogP contribution in [-0.2, 0) is 16.0 Å². The van der Waals surface area contributed by atoms with Crippen LogP contribution in [0, 0.1) is 5.92 Å². The normalized spacial score (nSPS) is 15.4. The number of para-hydroxylation sites is 1. The van der Waals surface area contributed by atoms with Gasteiger partial charge in [0, 0.05) is 50.7 Å². The quantitative estimate of drug-likeness (QED) is 0.213. The minimum absolute atomic E-state index is 0. The summed E-state index contributed by atoms with van der Waals surface area (Å²) in [6.07, 6.45) is 3.23. The van der Waals surface area contributed by atoms with E-state index in [1.54, 1.807) is 0 Å². The van der Waals surface area contributed by atoms with Crippen molar-refractivity contribution in [3.63, 3.8) is 0 Å². The van der Waals surface area contributed by atoms with E-state index >= 15 is 0 Å². The van der Waals surface area contributed by atoms with Crippen LogP contribution in [0.15, 0.2) is 35.3 Å². The number of halogens is 1. The number of rotatable bonds is 9. The van der Waals surface area contributed by atoms with Gasteiger partial charge in [0.1, 0.15) is 0 Å². The fourth-order valence-electron chi connectivity index (χ4n) is 3.27. The van der Waals surface area contributed by atoms with Crippen molar-refractivity contribution in [2.45, 2.75) is 32.7 Å². The molecule has 2 heterocycles. The lowest BCUT2D eigenvalue weighted by Crippen LogP contribution is -2.38. The third kappa shape index (κ3) is 7.60. The molecule has 0 spiro atoms. The number of aromatic nitrogens is 1. The molecule has 0 amide bonds. The summed E-state index contributed by atoms with van der Waals surface area (Å²) in [5.41, 5.74) is 2.27. The van der Waals surface area contributed by atoms with Crippen molar-refractivity contribution in [3.8, 4) is 0 Å². The van der Waals surface area contributed by atoms with Crippen molar-refractivity contribution in [2.75, 3.05) is 39.5 Å². The molecule has 1 saturated heterocycles. The lowest BCUT2D eigenvalue weighted by atomic mass is 10.0. The molecule has 0 unspecified atom stereocenters. The third-order valence-corrected chi connectivity index (χ3v) is 4.79. The molecule has 1 aliphatic rings. The van der Waals surface area contributed by atoms with Gasteiger partial charge in [0.15, 0.2) is 5.96 Å². The van der Waals surface area contributed by atoms with Gasteiger partial charge in [0.25, 0.3) is 0 Å². The maximum Gasteiger partial charge on any atom is 0.191 e. The van der Waals surface area contributed by atoms with Crippen LogP contribution in [0.3, 0.4) is 0 Å². The average Bonchev–Trinajstić information content (AvgIpc) is 3.12. The molecule has 1 fully saturated rings. The largest absolute Gasteiger partial charge is 0.381 e. The zero-order valence-corrected chi connectivity index (χ0v) is 19.0. The van der Waals surface area contributed by atoms with Crippen LogP contribution in [0.25, 0.3) is 10.9 Å². The lowest BCUT2D eigenvalue weighted by Gasteiger charge is -2.21. The van der Waals surface area contributed by atoms with E-state index in [9.17, 15) is 0 Å². The highest BCUT2D eigenvalue weighted by Gasteiger charge is 2.13. The lowest BCUT2D eigenvalue weighted by molar-refractivity contribution is 0.0203. The molecule has 0 radical (unpaired) electrons. The van der Waals surface area contributed by atoms with Crippen molar-refractivity contribution in [3.05, 3.63) is 36.0 Å². The summed E-state index contributed by atoms with van der Waals surface area (Å²) in [4.78, 5) is 8.10. The van der Waals surface area contributed by atoms with Crippen molar-refractivity contribution < 1.29 is 9.47 Å². The molecule has 1 aliphatic heterocycles. The van der Waals surface area contributed by atoms with Gasteiger partial charge in [-0.25, -0.2) is 4.99 Å². The second-order valence-electron chi connectivity index (χ2n) is 6.99. The van der Waals surface area contributed by atoms with E-state index in [0.717, 1.165) is 75.9 Å². The fourth-order valence-corrected chi connectivity index (χ4v) is 3.27. The van der Waals surface area contributed by atoms with E-state index in [1.165, 1.54) is 5.39 Å². The van der Waals surface area contributed by atoms with Gasteiger partial charge in [0.2, 0.25) is 0 Å². The predicted molar refractivity (Wildman–Crippen MR) is 126 cm³/mol. The van der Waals surface area contributed by atoms with E-state index in [4.69, 9.17) is 9.47 Å². The molecule has 28 heavy (non-hydrogen) atoms. The molecule has 1 aromatic heterocycles. The van der Waals surface area contributed by atoms with Gasteiger partial charge in [0.05, 0.1) is 6.54 Å². The van der Waals surface area contributed by atoms with Gasteiger partial charge in [-0.15, -0.1) is 24.0 Å². The van der Waals surface area contributed by atoms with E-state index in [2.05, 4.69) is 51.8 Å². The minimum atomic E-state index is 0. The summed E-state index contributed by atoms with van der Waals surface area (Å²) in [6.45, 7) is 7.82. The van der Waals surface area contributed by atoms with Gasteiger partial charge >= 0.3 is 0 Å². The van der Waals surface area contributed by atoms with Crippen LogP contribution in [0.2, 0.25) is 0 Å². The molecule has 0 aliphatic carbocycles. The molecule has 3 rings (SSSR count). The zero-order valence-electron chi connectivity index (χ0n) is 16.7. The molecule has 0 atom stereocenters. The monoisotopic (exact) mass is 500 g/mol. The molecule has 6 nitrogen and oxygen atoms in total. The van der Waals surface area contributed by atoms with Crippen LogP contribution < -0.4 is 10.6 Å². The minimum Gasteiger partial charge on any atom is -0.381 e. The number of fused-ring (bicyclic) bond motifs is 1. The summed E-state index contributed by atoms with van der Waals surface area (Å²) >= 11 is 0. The van der Waals surface area contributed by atoms with Crippen LogP contribution in [-0.4, -0.2) is 50.5 Å². The Hall–Kier alpha value is -1.32. The Bertz CT molecular complexity index is 680. The summed E-state index contributed by atoms with van der Waals surface area (Å²) < 4.78 is 11.2. The van der Waals surface area contributed by atoms with Crippen LogP contribution in [0.4, 0.5) is 0 Å². The number of hydrogen-bond donors (Lipinski definition) is 3. The van der Waals surface area contributed by atoms with Crippen LogP contribution in [0.1, 0.15) is 31.9 Å². The molecule has 0 bridgehead atoms. The van der Waals surface area contributed by atoms with Gasteiger partial charge in [-0.05, 0) is 49.6 Å². The van der Waals surface area contributed by atoms with Gasteiger partial charge in [-0.1, -0.05) is 18.2 Å². The first-order chi connectivity index (χ1) is 13.3. The summed E-state index contributed by atoms with van der Waals surface area (Å²) in [5.74, 6) is 1.52. The van der Waals surface area contributed by atoms with Crippen molar-refractivity contribution in [1.29, 1.82) is 0 Å². The molecule has 0 saturated carbocycles. The van der Waals surface area contributed by atoms with Gasteiger partial charge in [-0.2, -0.15) is 0 Å². The smallest absolute Gasteiger partial charge is 0.191 e. The highest BCUT2D eigenvalue weighted by molar-refractivity contribution is 14.0. The zero-order chi connectivity index (χ0) is 18.7. The number of benzene rings is 1. The van der Waals surface area contributed by atoms with E-state index in [-0.39, 0.29) is 24.0 Å². The Morgan fingerprint density at radius 1 is 1.25 bits per heavy atom.